The van der Waals surface area contributed by atoms with Crippen molar-refractivity contribution in [3.05, 3.63) is 24.0 Å². The highest BCUT2D eigenvalue weighted by molar-refractivity contribution is 8.13. The van der Waals surface area contributed by atoms with Crippen LogP contribution in [0, 0.1) is 5.82 Å². The van der Waals surface area contributed by atoms with Crippen LogP contribution < -0.4 is 10.1 Å². The van der Waals surface area contributed by atoms with E-state index in [1.807, 2.05) is 6.92 Å². The van der Waals surface area contributed by atoms with Crippen molar-refractivity contribution in [2.45, 2.75) is 24.7 Å². The maximum Gasteiger partial charge on any atom is 0.265 e. The summed E-state index contributed by atoms with van der Waals surface area (Å²) in [5.74, 6) is -1.31. The van der Waals surface area contributed by atoms with Crippen molar-refractivity contribution in [3.8, 4) is 5.75 Å². The van der Waals surface area contributed by atoms with Crippen LogP contribution >= 0.6 is 10.7 Å². The summed E-state index contributed by atoms with van der Waals surface area (Å²) < 4.78 is 40.7. The first-order valence-electron chi connectivity index (χ1n) is 5.98. The second kappa shape index (κ2) is 7.44. The second-order valence-electron chi connectivity index (χ2n) is 4.02. The van der Waals surface area contributed by atoms with E-state index < -0.39 is 19.8 Å². The molecule has 0 saturated carbocycles. The van der Waals surface area contributed by atoms with Crippen molar-refractivity contribution in [1.29, 1.82) is 0 Å². The SMILES string of the molecule is CCCCNC(=O)COc1ccc(F)cc1S(=O)(=O)Cl. The van der Waals surface area contributed by atoms with Gasteiger partial charge in [-0.05, 0) is 24.6 Å². The van der Waals surface area contributed by atoms with Gasteiger partial charge in [0.2, 0.25) is 0 Å². The summed E-state index contributed by atoms with van der Waals surface area (Å²) >= 11 is 0. The van der Waals surface area contributed by atoms with Gasteiger partial charge in [0, 0.05) is 17.2 Å². The first-order chi connectivity index (χ1) is 9.34. The Bertz CT molecular complexity index is 577. The largest absolute Gasteiger partial charge is 0.482 e. The fourth-order valence-corrected chi connectivity index (χ4v) is 2.37. The lowest BCUT2D eigenvalue weighted by Crippen LogP contribution is -2.29. The first-order valence-corrected chi connectivity index (χ1v) is 8.29. The van der Waals surface area contributed by atoms with E-state index in [9.17, 15) is 17.6 Å². The Balaban J connectivity index is 2.71. The van der Waals surface area contributed by atoms with Gasteiger partial charge in [0.05, 0.1) is 0 Å². The summed E-state index contributed by atoms with van der Waals surface area (Å²) in [6.45, 7) is 2.14. The maximum atomic E-state index is 13.0. The van der Waals surface area contributed by atoms with Crippen molar-refractivity contribution < 1.29 is 22.3 Å². The van der Waals surface area contributed by atoms with Crippen molar-refractivity contribution in [1.82, 2.24) is 5.32 Å². The van der Waals surface area contributed by atoms with Crippen molar-refractivity contribution in [2.24, 2.45) is 0 Å². The minimum atomic E-state index is -4.15. The maximum absolute atomic E-state index is 13.0. The Kier molecular flexibility index (Phi) is 6.22. The molecular formula is C12H15ClFNO4S. The summed E-state index contributed by atoms with van der Waals surface area (Å²) in [7, 11) is 1.03. The quantitative estimate of drug-likeness (QED) is 0.615. The van der Waals surface area contributed by atoms with Gasteiger partial charge < -0.3 is 10.1 Å². The number of benzene rings is 1. The number of carbonyl (C=O) groups is 1. The van der Waals surface area contributed by atoms with E-state index in [1.54, 1.807) is 0 Å². The smallest absolute Gasteiger partial charge is 0.265 e. The van der Waals surface area contributed by atoms with E-state index in [0.717, 1.165) is 31.0 Å². The van der Waals surface area contributed by atoms with Gasteiger partial charge in [-0.3, -0.25) is 4.79 Å². The molecule has 1 amide bonds. The van der Waals surface area contributed by atoms with Crippen molar-refractivity contribution in [2.75, 3.05) is 13.2 Å². The van der Waals surface area contributed by atoms with Gasteiger partial charge in [0.1, 0.15) is 16.5 Å². The van der Waals surface area contributed by atoms with E-state index >= 15 is 0 Å². The highest BCUT2D eigenvalue weighted by Crippen LogP contribution is 2.27. The zero-order chi connectivity index (χ0) is 15.2. The van der Waals surface area contributed by atoms with Crippen LogP contribution in [0.15, 0.2) is 23.1 Å². The molecular weight excluding hydrogens is 309 g/mol. The monoisotopic (exact) mass is 323 g/mol. The summed E-state index contributed by atoms with van der Waals surface area (Å²) in [6, 6.07) is 2.88. The molecule has 0 atom stereocenters. The predicted molar refractivity (Wildman–Crippen MR) is 72.9 cm³/mol. The minimum absolute atomic E-state index is 0.160. The van der Waals surface area contributed by atoms with Crippen LogP contribution in [0.4, 0.5) is 4.39 Å². The number of hydrogen-bond donors (Lipinski definition) is 1. The Hall–Kier alpha value is -1.34. The van der Waals surface area contributed by atoms with Crippen LogP contribution in [0.25, 0.3) is 0 Å². The number of hydrogen-bond acceptors (Lipinski definition) is 4. The summed E-state index contributed by atoms with van der Waals surface area (Å²) in [6.07, 6.45) is 1.78. The van der Waals surface area contributed by atoms with Crippen LogP contribution in [-0.4, -0.2) is 27.5 Å². The molecule has 0 radical (unpaired) electrons. The Morgan fingerprint density at radius 1 is 1.45 bits per heavy atom. The summed E-state index contributed by atoms with van der Waals surface area (Å²) in [4.78, 5) is 10.9. The van der Waals surface area contributed by atoms with Crippen molar-refractivity contribution >= 4 is 25.6 Å². The summed E-state index contributed by atoms with van der Waals surface area (Å²) in [5, 5.41) is 2.60. The topological polar surface area (TPSA) is 72.5 Å². The molecule has 1 aromatic carbocycles. The number of unbranched alkanes of at least 4 members (excludes halogenated alkanes) is 1. The number of amides is 1. The minimum Gasteiger partial charge on any atom is -0.482 e. The van der Waals surface area contributed by atoms with Gasteiger partial charge in [0.15, 0.2) is 6.61 Å². The molecule has 20 heavy (non-hydrogen) atoms. The van der Waals surface area contributed by atoms with Gasteiger partial charge in [-0.2, -0.15) is 0 Å². The van der Waals surface area contributed by atoms with Crippen LogP contribution in [0.2, 0.25) is 0 Å². The standard InChI is InChI=1S/C12H15ClFNO4S/c1-2-3-6-15-12(16)8-19-10-5-4-9(14)7-11(10)20(13,17)18/h4-5,7H,2-3,6,8H2,1H3,(H,15,16). The molecule has 112 valence electrons. The number of carbonyl (C=O) groups excluding carboxylic acids is 1. The molecule has 0 fully saturated rings. The molecule has 1 aromatic rings. The number of nitrogens with one attached hydrogen (secondary N) is 1. The molecule has 0 aliphatic heterocycles. The third kappa shape index (κ3) is 5.34. The molecule has 0 aromatic heterocycles. The van der Waals surface area contributed by atoms with Gasteiger partial charge in [0.25, 0.3) is 15.0 Å². The number of halogens is 2. The molecule has 0 spiro atoms. The van der Waals surface area contributed by atoms with Gasteiger partial charge >= 0.3 is 0 Å². The van der Waals surface area contributed by atoms with E-state index in [1.165, 1.54) is 0 Å². The Labute approximate surface area is 121 Å². The van der Waals surface area contributed by atoms with E-state index in [-0.39, 0.29) is 18.3 Å². The number of ether oxygens (including phenoxy) is 1. The third-order valence-corrected chi connectivity index (χ3v) is 3.72. The van der Waals surface area contributed by atoms with Gasteiger partial charge in [-0.15, -0.1) is 0 Å². The van der Waals surface area contributed by atoms with E-state index in [0.29, 0.717) is 6.54 Å². The van der Waals surface area contributed by atoms with E-state index in [2.05, 4.69) is 5.32 Å². The molecule has 0 aliphatic carbocycles. The van der Waals surface area contributed by atoms with Gasteiger partial charge in [-0.25, -0.2) is 12.8 Å². The van der Waals surface area contributed by atoms with Crippen LogP contribution in [0.1, 0.15) is 19.8 Å². The van der Waals surface area contributed by atoms with Crippen LogP contribution in [0.5, 0.6) is 5.75 Å². The molecule has 0 heterocycles. The predicted octanol–water partition coefficient (Wildman–Crippen LogP) is 2.05. The average Bonchev–Trinajstić information content (AvgIpc) is 2.36. The first kappa shape index (κ1) is 16.7. The molecule has 8 heteroatoms. The molecule has 5 nitrogen and oxygen atoms in total. The highest BCUT2D eigenvalue weighted by atomic mass is 35.7. The molecule has 1 rings (SSSR count). The average molecular weight is 324 g/mol. The lowest BCUT2D eigenvalue weighted by molar-refractivity contribution is -0.123. The fraction of sp³-hybridized carbons (Fsp3) is 0.417. The zero-order valence-electron chi connectivity index (χ0n) is 10.9. The zero-order valence-corrected chi connectivity index (χ0v) is 12.4. The third-order valence-electron chi connectivity index (χ3n) is 2.38. The molecule has 0 aliphatic rings. The lowest BCUT2D eigenvalue weighted by atomic mass is 10.3. The fourth-order valence-electron chi connectivity index (χ4n) is 1.39. The normalized spacial score (nSPS) is 11.2. The van der Waals surface area contributed by atoms with Crippen molar-refractivity contribution in [3.63, 3.8) is 0 Å². The highest BCUT2D eigenvalue weighted by Gasteiger charge is 2.18. The molecule has 0 unspecified atom stereocenters. The Morgan fingerprint density at radius 2 is 2.15 bits per heavy atom. The van der Waals surface area contributed by atoms with Crippen LogP contribution in [-0.2, 0) is 13.8 Å². The number of rotatable bonds is 7. The van der Waals surface area contributed by atoms with Gasteiger partial charge in [-0.1, -0.05) is 13.3 Å². The molecule has 0 saturated heterocycles. The van der Waals surface area contributed by atoms with Crippen LogP contribution in [0.3, 0.4) is 0 Å². The molecule has 1 N–H and O–H groups in total. The Morgan fingerprint density at radius 3 is 2.75 bits per heavy atom. The summed E-state index contributed by atoms with van der Waals surface area (Å²) in [5.41, 5.74) is 0. The second-order valence-corrected chi connectivity index (χ2v) is 6.56. The lowest BCUT2D eigenvalue weighted by Gasteiger charge is -2.10. The molecule has 0 bridgehead atoms. The van der Waals surface area contributed by atoms with E-state index in [4.69, 9.17) is 15.4 Å².